The van der Waals surface area contributed by atoms with Crippen molar-refractivity contribution >= 4 is 11.6 Å². The van der Waals surface area contributed by atoms with Crippen LogP contribution in [0, 0.1) is 11.8 Å². The van der Waals surface area contributed by atoms with Gasteiger partial charge in [-0.15, -0.1) is 0 Å². The Balaban J connectivity index is 1.23. The van der Waals surface area contributed by atoms with Crippen molar-refractivity contribution in [2.45, 2.75) is 38.1 Å². The molecule has 1 aromatic heterocycles. The van der Waals surface area contributed by atoms with Crippen molar-refractivity contribution < 1.29 is 9.84 Å². The van der Waals surface area contributed by atoms with E-state index in [1.54, 1.807) is 0 Å². The van der Waals surface area contributed by atoms with E-state index in [1.807, 2.05) is 47.4 Å². The number of aliphatic hydroxyl groups excluding tert-OH is 1. The van der Waals surface area contributed by atoms with E-state index < -0.39 is 6.10 Å². The molecule has 4 atom stereocenters. The normalized spacial score (nSPS) is 26.0. The molecular formula is C25H28ClN3O2. The van der Waals surface area contributed by atoms with Gasteiger partial charge in [0.25, 0.3) is 0 Å². The molecule has 31 heavy (non-hydrogen) atoms. The van der Waals surface area contributed by atoms with E-state index in [0.29, 0.717) is 16.9 Å². The summed E-state index contributed by atoms with van der Waals surface area (Å²) >= 11 is 6.09. The van der Waals surface area contributed by atoms with Crippen molar-refractivity contribution in [1.29, 1.82) is 0 Å². The van der Waals surface area contributed by atoms with Crippen LogP contribution in [0.2, 0.25) is 5.02 Å². The molecule has 2 aromatic carbocycles. The molecule has 0 bridgehead atoms. The van der Waals surface area contributed by atoms with Gasteiger partial charge in [0.2, 0.25) is 0 Å². The van der Waals surface area contributed by atoms with Crippen LogP contribution in [-0.4, -0.2) is 45.1 Å². The molecule has 3 aromatic rings. The molecule has 5 rings (SSSR count). The molecule has 1 saturated heterocycles. The van der Waals surface area contributed by atoms with E-state index in [4.69, 9.17) is 16.3 Å². The molecule has 0 unspecified atom stereocenters. The fourth-order valence-electron chi connectivity index (χ4n) is 5.13. The maximum absolute atomic E-state index is 10.7. The van der Waals surface area contributed by atoms with Crippen molar-refractivity contribution in [3.63, 3.8) is 0 Å². The highest BCUT2D eigenvalue weighted by atomic mass is 35.5. The molecule has 5 nitrogen and oxygen atoms in total. The van der Waals surface area contributed by atoms with Crippen LogP contribution in [0.4, 0.5) is 0 Å². The molecular weight excluding hydrogens is 410 g/mol. The average Bonchev–Trinajstić information content (AvgIpc) is 3.39. The highest BCUT2D eigenvalue weighted by Gasteiger charge is 2.42. The number of aromatic nitrogens is 2. The molecule has 0 spiro atoms. The summed E-state index contributed by atoms with van der Waals surface area (Å²) in [6, 6.07) is 18.0. The summed E-state index contributed by atoms with van der Waals surface area (Å²) in [5.41, 5.74) is 2.66. The third-order valence-electron chi connectivity index (χ3n) is 6.65. The van der Waals surface area contributed by atoms with E-state index in [9.17, 15) is 5.11 Å². The number of ether oxygens (including phenoxy) is 1. The summed E-state index contributed by atoms with van der Waals surface area (Å²) < 4.78 is 8.09. The van der Waals surface area contributed by atoms with Gasteiger partial charge in [-0.25, -0.2) is 0 Å². The largest absolute Gasteiger partial charge is 0.488 e. The van der Waals surface area contributed by atoms with Crippen molar-refractivity contribution in [3.05, 3.63) is 83.1 Å². The topological polar surface area (TPSA) is 50.5 Å². The fraction of sp³-hybridized carbons (Fsp3) is 0.400. The Morgan fingerprint density at radius 1 is 0.968 bits per heavy atom. The van der Waals surface area contributed by atoms with Gasteiger partial charge in [-0.2, -0.15) is 5.10 Å². The van der Waals surface area contributed by atoms with Crippen LogP contribution in [0.5, 0.6) is 5.75 Å². The first-order valence-electron chi connectivity index (χ1n) is 11.0. The minimum Gasteiger partial charge on any atom is -0.488 e. The number of benzene rings is 2. The molecule has 1 saturated carbocycles. The zero-order valence-electron chi connectivity index (χ0n) is 17.5. The van der Waals surface area contributed by atoms with Crippen LogP contribution in [0.1, 0.15) is 24.0 Å². The molecule has 162 valence electrons. The van der Waals surface area contributed by atoms with Crippen LogP contribution >= 0.6 is 11.6 Å². The first-order valence-corrected chi connectivity index (χ1v) is 11.4. The first kappa shape index (κ1) is 20.6. The predicted octanol–water partition coefficient (Wildman–Crippen LogP) is 4.24. The number of hydrogen-bond donors (Lipinski definition) is 1. The minimum atomic E-state index is -0.438. The van der Waals surface area contributed by atoms with Crippen molar-refractivity contribution in [2.24, 2.45) is 11.8 Å². The lowest BCUT2D eigenvalue weighted by molar-refractivity contribution is -0.0231. The highest BCUT2D eigenvalue weighted by Crippen LogP contribution is 2.38. The van der Waals surface area contributed by atoms with Gasteiger partial charge in [-0.1, -0.05) is 41.9 Å². The average molecular weight is 438 g/mol. The van der Waals surface area contributed by atoms with Gasteiger partial charge in [0.15, 0.2) is 0 Å². The number of fused-ring (bicyclic) bond motifs is 1. The van der Waals surface area contributed by atoms with E-state index in [-0.39, 0.29) is 6.10 Å². The number of likely N-dealkylation sites (tertiary alicyclic amines) is 1. The Morgan fingerprint density at radius 3 is 2.48 bits per heavy atom. The number of nitrogens with zero attached hydrogens (tertiary/aromatic N) is 3. The van der Waals surface area contributed by atoms with E-state index in [0.717, 1.165) is 44.8 Å². The summed E-state index contributed by atoms with van der Waals surface area (Å²) in [4.78, 5) is 2.53. The van der Waals surface area contributed by atoms with Gasteiger partial charge in [-0.05, 0) is 60.1 Å². The van der Waals surface area contributed by atoms with E-state index in [1.165, 1.54) is 11.1 Å². The summed E-state index contributed by atoms with van der Waals surface area (Å²) in [6.45, 7) is 3.79. The van der Waals surface area contributed by atoms with Crippen LogP contribution in [0.25, 0.3) is 0 Å². The van der Waals surface area contributed by atoms with Gasteiger partial charge in [0, 0.05) is 37.1 Å². The van der Waals surface area contributed by atoms with Gasteiger partial charge < -0.3 is 9.84 Å². The molecule has 1 N–H and O–H groups in total. The maximum Gasteiger partial charge on any atom is 0.125 e. The number of rotatable bonds is 6. The molecule has 2 aliphatic rings. The highest BCUT2D eigenvalue weighted by molar-refractivity contribution is 6.30. The third kappa shape index (κ3) is 4.79. The number of halogens is 1. The Labute approximate surface area is 188 Å². The number of hydrogen-bond acceptors (Lipinski definition) is 4. The van der Waals surface area contributed by atoms with E-state index in [2.05, 4.69) is 34.3 Å². The van der Waals surface area contributed by atoms with Crippen molar-refractivity contribution in [3.8, 4) is 5.75 Å². The van der Waals surface area contributed by atoms with Crippen molar-refractivity contribution in [2.75, 3.05) is 13.1 Å². The van der Waals surface area contributed by atoms with Crippen LogP contribution in [0.15, 0.2) is 67.0 Å². The van der Waals surface area contributed by atoms with Gasteiger partial charge in [-0.3, -0.25) is 9.58 Å². The number of aliphatic hydroxyl groups is 1. The Bertz CT molecular complexity index is 1010. The lowest BCUT2D eigenvalue weighted by atomic mass is 9.78. The monoisotopic (exact) mass is 437 g/mol. The second kappa shape index (κ2) is 9.03. The summed E-state index contributed by atoms with van der Waals surface area (Å²) in [5, 5.41) is 15.7. The van der Waals surface area contributed by atoms with Crippen LogP contribution < -0.4 is 4.74 Å². The molecule has 6 heteroatoms. The standard InChI is InChI=1S/C25H28ClN3O2/c26-22-7-3-8-23(13-22)31-25-12-21-16-28(15-20(21)11-24(25)30)14-18-5-1-2-6-19(18)17-29-10-4-9-27-29/h1-10,13,20-21,24-25,30H,11-12,14-17H2/t20-,21+,24+,25+/m0/s1. The quantitative estimate of drug-likeness (QED) is 0.626. The molecule has 1 aliphatic carbocycles. The lowest BCUT2D eigenvalue weighted by Crippen LogP contribution is -2.42. The first-order chi connectivity index (χ1) is 15.1. The smallest absolute Gasteiger partial charge is 0.125 e. The molecule has 0 radical (unpaired) electrons. The summed E-state index contributed by atoms with van der Waals surface area (Å²) in [5.74, 6) is 1.80. The SMILES string of the molecule is O[C@@H]1C[C@H]2CN(Cc3ccccc3Cn3cccn3)C[C@H]2C[C@H]1Oc1cccc(Cl)c1. The molecule has 2 heterocycles. The predicted molar refractivity (Wildman–Crippen MR) is 121 cm³/mol. The zero-order valence-corrected chi connectivity index (χ0v) is 18.2. The zero-order chi connectivity index (χ0) is 21.2. The Morgan fingerprint density at radius 2 is 1.74 bits per heavy atom. The molecule has 1 aliphatic heterocycles. The van der Waals surface area contributed by atoms with Crippen molar-refractivity contribution in [1.82, 2.24) is 14.7 Å². The summed E-state index contributed by atoms with van der Waals surface area (Å²) in [6.07, 6.45) is 4.88. The van der Waals surface area contributed by atoms with E-state index >= 15 is 0 Å². The lowest BCUT2D eigenvalue weighted by Gasteiger charge is -2.35. The summed E-state index contributed by atoms with van der Waals surface area (Å²) in [7, 11) is 0. The third-order valence-corrected chi connectivity index (χ3v) is 6.88. The second-order valence-electron chi connectivity index (χ2n) is 8.84. The maximum atomic E-state index is 10.7. The van der Waals surface area contributed by atoms with Gasteiger partial charge in [0.1, 0.15) is 11.9 Å². The van der Waals surface area contributed by atoms with Gasteiger partial charge in [0.05, 0.1) is 12.6 Å². The van der Waals surface area contributed by atoms with Crippen LogP contribution in [0.3, 0.4) is 0 Å². The Hall–Kier alpha value is -2.34. The molecule has 0 amide bonds. The van der Waals surface area contributed by atoms with Gasteiger partial charge >= 0.3 is 0 Å². The minimum absolute atomic E-state index is 0.174. The fourth-order valence-corrected chi connectivity index (χ4v) is 5.31. The Kier molecular flexibility index (Phi) is 5.99. The van der Waals surface area contributed by atoms with Crippen LogP contribution in [-0.2, 0) is 13.1 Å². The second-order valence-corrected chi connectivity index (χ2v) is 9.28. The molecule has 2 fully saturated rings.